The first-order chi connectivity index (χ1) is 28.3. The van der Waals surface area contributed by atoms with Gasteiger partial charge in [0.2, 0.25) is 0 Å². The molecule has 57 heavy (non-hydrogen) atoms. The zero-order valence-corrected chi connectivity index (χ0v) is 31.3. The SMILES string of the molecule is C1=CCCC(c2cccc(-c3ccccc3)c2-n2c3ccccc3c3ccc(-n4c5ccccc5c5cc(-n6c7ccccc7c7ccccc76)ccc54)cc32)=C1. The summed E-state index contributed by atoms with van der Waals surface area (Å²) in [5, 5.41) is 7.52. The molecule has 0 fully saturated rings. The summed E-state index contributed by atoms with van der Waals surface area (Å²) < 4.78 is 7.42. The van der Waals surface area contributed by atoms with Gasteiger partial charge in [0, 0.05) is 54.8 Å². The number of aromatic nitrogens is 3. The fourth-order valence-corrected chi connectivity index (χ4v) is 9.64. The first-order valence-electron chi connectivity index (χ1n) is 19.9. The highest BCUT2D eigenvalue weighted by Gasteiger charge is 2.22. The maximum Gasteiger partial charge on any atom is 0.0615 e. The molecule has 0 spiro atoms. The fourth-order valence-electron chi connectivity index (χ4n) is 9.64. The Morgan fingerprint density at radius 2 is 0.860 bits per heavy atom. The third-order valence-corrected chi connectivity index (χ3v) is 12.1. The van der Waals surface area contributed by atoms with E-state index in [0.29, 0.717) is 0 Å². The topological polar surface area (TPSA) is 14.8 Å². The Labute approximate surface area is 330 Å². The van der Waals surface area contributed by atoms with Gasteiger partial charge in [-0.1, -0.05) is 146 Å². The van der Waals surface area contributed by atoms with Crippen molar-refractivity contribution in [2.75, 3.05) is 0 Å². The molecule has 1 aliphatic carbocycles. The minimum Gasteiger partial charge on any atom is -0.309 e. The van der Waals surface area contributed by atoms with Crippen molar-refractivity contribution in [2.24, 2.45) is 0 Å². The van der Waals surface area contributed by atoms with E-state index in [1.807, 2.05) is 0 Å². The predicted molar refractivity (Wildman–Crippen MR) is 241 cm³/mol. The van der Waals surface area contributed by atoms with Crippen molar-refractivity contribution in [2.45, 2.75) is 12.8 Å². The van der Waals surface area contributed by atoms with Crippen LogP contribution in [0.1, 0.15) is 18.4 Å². The summed E-state index contributed by atoms with van der Waals surface area (Å²) in [6.45, 7) is 0. The van der Waals surface area contributed by atoms with Crippen LogP contribution in [0.15, 0.2) is 200 Å². The Morgan fingerprint density at radius 1 is 0.351 bits per heavy atom. The van der Waals surface area contributed by atoms with Gasteiger partial charge in [0.15, 0.2) is 0 Å². The molecule has 0 radical (unpaired) electrons. The molecule has 0 bridgehead atoms. The molecular formula is C54H37N3. The van der Waals surface area contributed by atoms with Gasteiger partial charge in [-0.05, 0) is 78.6 Å². The molecule has 268 valence electrons. The highest BCUT2D eigenvalue weighted by Crippen LogP contribution is 2.43. The molecular weight excluding hydrogens is 691 g/mol. The summed E-state index contributed by atoms with van der Waals surface area (Å²) in [5.41, 5.74) is 15.8. The lowest BCUT2D eigenvalue weighted by molar-refractivity contribution is 1.05. The Hall–Kier alpha value is -7.36. The molecule has 3 heteroatoms. The molecule has 3 heterocycles. The highest BCUT2D eigenvalue weighted by molar-refractivity contribution is 6.14. The summed E-state index contributed by atoms with van der Waals surface area (Å²) >= 11 is 0. The number of nitrogens with zero attached hydrogens (tertiary/aromatic N) is 3. The Morgan fingerprint density at radius 3 is 1.49 bits per heavy atom. The van der Waals surface area contributed by atoms with Gasteiger partial charge < -0.3 is 13.7 Å². The normalized spacial score (nSPS) is 13.2. The van der Waals surface area contributed by atoms with Gasteiger partial charge in [0.1, 0.15) is 0 Å². The largest absolute Gasteiger partial charge is 0.309 e. The van der Waals surface area contributed by atoms with E-state index < -0.39 is 0 Å². The third kappa shape index (κ3) is 4.79. The van der Waals surface area contributed by atoms with Gasteiger partial charge in [-0.2, -0.15) is 0 Å². The van der Waals surface area contributed by atoms with Gasteiger partial charge in [-0.15, -0.1) is 0 Å². The van der Waals surface area contributed by atoms with Crippen LogP contribution in [0.2, 0.25) is 0 Å². The van der Waals surface area contributed by atoms with Crippen molar-refractivity contribution < 1.29 is 0 Å². The third-order valence-electron chi connectivity index (χ3n) is 12.1. The molecule has 0 amide bonds. The summed E-state index contributed by atoms with van der Waals surface area (Å²) in [5.74, 6) is 0. The van der Waals surface area contributed by atoms with Crippen LogP contribution in [-0.4, -0.2) is 13.7 Å². The van der Waals surface area contributed by atoms with Gasteiger partial charge >= 0.3 is 0 Å². The first-order valence-corrected chi connectivity index (χ1v) is 19.9. The molecule has 0 aliphatic heterocycles. The summed E-state index contributed by atoms with van der Waals surface area (Å²) in [6.07, 6.45) is 8.86. The van der Waals surface area contributed by atoms with E-state index >= 15 is 0 Å². The number of hydrogen-bond acceptors (Lipinski definition) is 0. The second-order valence-corrected chi connectivity index (χ2v) is 15.2. The average molecular weight is 728 g/mol. The second-order valence-electron chi connectivity index (χ2n) is 15.2. The van der Waals surface area contributed by atoms with E-state index in [1.54, 1.807) is 0 Å². The van der Waals surface area contributed by atoms with E-state index in [-0.39, 0.29) is 0 Å². The molecule has 1 aliphatic rings. The zero-order valence-electron chi connectivity index (χ0n) is 31.3. The number of fused-ring (bicyclic) bond motifs is 9. The maximum absolute atomic E-state index is 2.54. The summed E-state index contributed by atoms with van der Waals surface area (Å²) in [7, 11) is 0. The number of benzene rings is 8. The molecule has 11 aromatic rings. The molecule has 0 N–H and O–H groups in total. The summed E-state index contributed by atoms with van der Waals surface area (Å²) in [6, 6.07) is 67.0. The minimum atomic E-state index is 1.02. The van der Waals surface area contributed by atoms with E-state index in [1.165, 1.54) is 93.4 Å². The molecule has 3 aromatic heterocycles. The van der Waals surface area contributed by atoms with Crippen LogP contribution in [0.25, 0.3) is 99.2 Å². The van der Waals surface area contributed by atoms with Crippen molar-refractivity contribution in [3.8, 4) is 28.2 Å². The Balaban J connectivity index is 1.13. The Kier molecular flexibility index (Phi) is 7.05. The first kappa shape index (κ1) is 31.9. The van der Waals surface area contributed by atoms with Crippen LogP contribution < -0.4 is 0 Å². The van der Waals surface area contributed by atoms with Crippen LogP contribution >= 0.6 is 0 Å². The zero-order chi connectivity index (χ0) is 37.5. The van der Waals surface area contributed by atoms with Crippen molar-refractivity contribution in [3.05, 3.63) is 206 Å². The molecule has 0 atom stereocenters. The lowest BCUT2D eigenvalue weighted by Gasteiger charge is -2.21. The number of hydrogen-bond donors (Lipinski definition) is 0. The van der Waals surface area contributed by atoms with Crippen molar-refractivity contribution in [3.63, 3.8) is 0 Å². The lowest BCUT2D eigenvalue weighted by Crippen LogP contribution is -2.04. The van der Waals surface area contributed by atoms with Crippen molar-refractivity contribution in [1.82, 2.24) is 13.7 Å². The Bertz CT molecular complexity index is 3400. The molecule has 0 saturated heterocycles. The summed E-state index contributed by atoms with van der Waals surface area (Å²) in [4.78, 5) is 0. The van der Waals surface area contributed by atoms with Gasteiger partial charge in [-0.25, -0.2) is 0 Å². The van der Waals surface area contributed by atoms with E-state index in [0.717, 1.165) is 24.2 Å². The number of para-hydroxylation sites is 5. The van der Waals surface area contributed by atoms with Crippen molar-refractivity contribution in [1.29, 1.82) is 0 Å². The minimum absolute atomic E-state index is 1.02. The smallest absolute Gasteiger partial charge is 0.0615 e. The van der Waals surface area contributed by atoms with Gasteiger partial charge in [-0.3, -0.25) is 0 Å². The molecule has 3 nitrogen and oxygen atoms in total. The van der Waals surface area contributed by atoms with E-state index in [2.05, 4.69) is 214 Å². The molecule has 8 aromatic carbocycles. The highest BCUT2D eigenvalue weighted by atomic mass is 15.0. The van der Waals surface area contributed by atoms with Crippen molar-refractivity contribution >= 4 is 71.0 Å². The quantitative estimate of drug-likeness (QED) is 0.168. The fraction of sp³-hybridized carbons (Fsp3) is 0.0370. The van der Waals surface area contributed by atoms with Gasteiger partial charge in [0.25, 0.3) is 0 Å². The van der Waals surface area contributed by atoms with Crippen LogP contribution in [0.4, 0.5) is 0 Å². The lowest BCUT2D eigenvalue weighted by atomic mass is 9.91. The van der Waals surface area contributed by atoms with Gasteiger partial charge in [0.05, 0.1) is 38.8 Å². The standard InChI is InChI=1S/C54H37N3/c1-3-16-36(17-4-1)40-24-15-25-41(37-18-5-2-6-19-37)54(40)57-51-29-14-9-22-44(51)46-32-30-39(35-53(46)57)56-50-28-13-10-23-45(50)47-34-38(31-33-52(47)56)55-48-26-11-7-20-42(48)43-21-8-12-27-49(43)55/h1-5,7-18,20-35H,6,19H2. The number of allylic oxidation sites excluding steroid dienone is 4. The van der Waals surface area contributed by atoms with Crippen LogP contribution in [0.5, 0.6) is 0 Å². The van der Waals surface area contributed by atoms with E-state index in [9.17, 15) is 0 Å². The van der Waals surface area contributed by atoms with Crippen LogP contribution in [0.3, 0.4) is 0 Å². The van der Waals surface area contributed by atoms with E-state index in [4.69, 9.17) is 0 Å². The molecule has 0 unspecified atom stereocenters. The van der Waals surface area contributed by atoms with Crippen LogP contribution in [-0.2, 0) is 0 Å². The second kappa shape index (κ2) is 12.6. The number of rotatable bonds is 5. The molecule has 0 saturated carbocycles. The average Bonchev–Trinajstić information content (AvgIpc) is 3.92. The monoisotopic (exact) mass is 727 g/mol. The van der Waals surface area contributed by atoms with Crippen LogP contribution in [0, 0.1) is 0 Å². The molecule has 12 rings (SSSR count). The predicted octanol–water partition coefficient (Wildman–Crippen LogP) is 14.4. The maximum atomic E-state index is 2.54.